The summed E-state index contributed by atoms with van der Waals surface area (Å²) in [6.45, 7) is 1.88. The van der Waals surface area contributed by atoms with E-state index in [-0.39, 0.29) is 15.6 Å². The molecule has 2 heterocycles. The van der Waals surface area contributed by atoms with Crippen LogP contribution in [-0.4, -0.2) is 55.1 Å². The second-order valence-electron chi connectivity index (χ2n) is 8.26. The van der Waals surface area contributed by atoms with Crippen LogP contribution in [0.5, 0.6) is 0 Å². The van der Waals surface area contributed by atoms with Gasteiger partial charge in [-0.3, -0.25) is 14.5 Å². The Morgan fingerprint density at radius 3 is 2.56 bits per heavy atom. The number of nitrogens with one attached hydrogen (secondary N) is 2. The normalized spacial score (nSPS) is 21.1. The van der Waals surface area contributed by atoms with Crippen molar-refractivity contribution in [3.63, 3.8) is 0 Å². The third-order valence-electron chi connectivity index (χ3n) is 5.89. The van der Waals surface area contributed by atoms with Crippen LogP contribution in [0.15, 0.2) is 51.8 Å². The molecule has 0 bridgehead atoms. The van der Waals surface area contributed by atoms with Crippen molar-refractivity contribution >= 4 is 61.1 Å². The van der Waals surface area contributed by atoms with Gasteiger partial charge in [0.05, 0.1) is 15.6 Å². The zero-order valence-corrected chi connectivity index (χ0v) is 21.3. The highest BCUT2D eigenvalue weighted by Crippen LogP contribution is 2.31. The second kappa shape index (κ2) is 9.29. The van der Waals surface area contributed by atoms with Gasteiger partial charge in [0, 0.05) is 17.6 Å². The number of anilines is 1. The number of urea groups is 1. The molecular weight excluding hydrogens is 548 g/mol. The first kappa shape index (κ1) is 24.6. The molecule has 0 radical (unpaired) electrons. The summed E-state index contributed by atoms with van der Waals surface area (Å²) in [5, 5.41) is 5.29. The molecular formula is C22H22BrClN4O5S. The number of imide groups is 1. The van der Waals surface area contributed by atoms with Gasteiger partial charge < -0.3 is 10.6 Å². The zero-order chi connectivity index (χ0) is 24.7. The Morgan fingerprint density at radius 2 is 1.88 bits per heavy atom. The van der Waals surface area contributed by atoms with E-state index in [0.717, 1.165) is 22.2 Å². The largest absolute Gasteiger partial charge is 0.325 e. The molecule has 2 fully saturated rings. The molecule has 2 aliphatic rings. The summed E-state index contributed by atoms with van der Waals surface area (Å²) in [7, 11) is -3.71. The minimum Gasteiger partial charge on any atom is -0.323 e. The Balaban J connectivity index is 1.51. The molecule has 34 heavy (non-hydrogen) atoms. The van der Waals surface area contributed by atoms with Crippen molar-refractivity contribution in [2.24, 2.45) is 0 Å². The number of sulfonamides is 1. The van der Waals surface area contributed by atoms with E-state index in [9.17, 15) is 22.8 Å². The van der Waals surface area contributed by atoms with Crippen molar-refractivity contribution < 1.29 is 22.8 Å². The maximum absolute atomic E-state index is 13.1. The molecule has 2 saturated heterocycles. The quantitative estimate of drug-likeness (QED) is 0.518. The summed E-state index contributed by atoms with van der Waals surface area (Å²) in [4.78, 5) is 39.2. The van der Waals surface area contributed by atoms with Gasteiger partial charge in [-0.1, -0.05) is 39.7 Å². The molecule has 4 rings (SSSR count). The fraction of sp³-hybridized carbons (Fsp3) is 0.318. The van der Waals surface area contributed by atoms with Crippen molar-refractivity contribution in [3.05, 3.63) is 57.5 Å². The van der Waals surface area contributed by atoms with Crippen LogP contribution >= 0.6 is 27.5 Å². The topological polar surface area (TPSA) is 116 Å². The summed E-state index contributed by atoms with van der Waals surface area (Å²) in [5.41, 5.74) is -0.692. The van der Waals surface area contributed by atoms with E-state index in [2.05, 4.69) is 26.6 Å². The summed E-state index contributed by atoms with van der Waals surface area (Å²) in [6, 6.07) is 10.3. The van der Waals surface area contributed by atoms with Crippen LogP contribution in [0.2, 0.25) is 5.02 Å². The minimum absolute atomic E-state index is 0.00585. The molecule has 9 nitrogen and oxygen atoms in total. The van der Waals surface area contributed by atoms with Gasteiger partial charge >= 0.3 is 6.03 Å². The number of nitrogens with zero attached hydrogens (tertiary/aromatic N) is 2. The molecule has 1 atom stereocenters. The average molecular weight is 570 g/mol. The van der Waals surface area contributed by atoms with Crippen molar-refractivity contribution in [3.8, 4) is 0 Å². The maximum atomic E-state index is 13.1. The first-order valence-corrected chi connectivity index (χ1v) is 13.1. The third kappa shape index (κ3) is 4.57. The van der Waals surface area contributed by atoms with Crippen LogP contribution in [-0.2, 0) is 25.2 Å². The van der Waals surface area contributed by atoms with Crippen molar-refractivity contribution in [1.82, 2.24) is 14.5 Å². The Bertz CT molecular complexity index is 1280. The van der Waals surface area contributed by atoms with Crippen LogP contribution in [0.1, 0.15) is 25.3 Å². The summed E-state index contributed by atoms with van der Waals surface area (Å²) in [6.07, 6.45) is 1.59. The smallest absolute Gasteiger partial charge is 0.323 e. The molecule has 2 N–H and O–H groups in total. The number of rotatable bonds is 6. The van der Waals surface area contributed by atoms with Crippen LogP contribution in [0.25, 0.3) is 0 Å². The number of amides is 4. The molecule has 4 amide bonds. The standard InChI is InChI=1S/C22H22BrClN4O5S/c1-22(14-5-4-6-15(23)11-14)20(30)28(21(31)26-22)13-19(29)25-18-12-16(7-8-17(18)24)34(32,33)27-9-2-3-10-27/h4-8,11-12H,2-3,9-10,13H2,1H3,(H,25,29)(H,26,31). The lowest BCUT2D eigenvalue weighted by molar-refractivity contribution is -0.133. The summed E-state index contributed by atoms with van der Waals surface area (Å²) in [5.74, 6) is -1.28. The number of hydrogen-bond donors (Lipinski definition) is 2. The van der Waals surface area contributed by atoms with Crippen molar-refractivity contribution in [1.29, 1.82) is 0 Å². The Morgan fingerprint density at radius 1 is 1.18 bits per heavy atom. The van der Waals surface area contributed by atoms with Crippen molar-refractivity contribution in [2.75, 3.05) is 25.0 Å². The fourth-order valence-electron chi connectivity index (χ4n) is 4.01. The number of halogens is 2. The Kier molecular flexibility index (Phi) is 6.74. The second-order valence-corrected chi connectivity index (χ2v) is 11.5. The molecule has 0 aromatic heterocycles. The molecule has 1 unspecified atom stereocenters. The van der Waals surface area contributed by atoms with Crippen LogP contribution in [0.4, 0.5) is 10.5 Å². The van der Waals surface area contributed by atoms with E-state index in [4.69, 9.17) is 11.6 Å². The van der Waals surface area contributed by atoms with Gasteiger partial charge in [0.15, 0.2) is 0 Å². The predicted molar refractivity (Wildman–Crippen MR) is 130 cm³/mol. The number of hydrogen-bond acceptors (Lipinski definition) is 5. The van der Waals surface area contributed by atoms with Gasteiger partial charge in [0.2, 0.25) is 15.9 Å². The van der Waals surface area contributed by atoms with Crippen LogP contribution in [0, 0.1) is 0 Å². The molecule has 0 saturated carbocycles. The van der Waals surface area contributed by atoms with Crippen molar-refractivity contribution in [2.45, 2.75) is 30.2 Å². The number of carbonyl (C=O) groups excluding carboxylic acids is 3. The predicted octanol–water partition coefficient (Wildman–Crippen LogP) is 3.29. The SMILES string of the molecule is CC1(c2cccc(Br)c2)NC(=O)N(CC(=O)Nc2cc(S(=O)(=O)N3CCCC3)ccc2Cl)C1=O. The lowest BCUT2D eigenvalue weighted by Crippen LogP contribution is -2.42. The van der Waals surface area contributed by atoms with Gasteiger partial charge in [0.25, 0.3) is 5.91 Å². The van der Waals surface area contributed by atoms with E-state index < -0.39 is 40.0 Å². The molecule has 12 heteroatoms. The van der Waals surface area contributed by atoms with Gasteiger partial charge in [-0.2, -0.15) is 4.31 Å². The molecule has 0 aliphatic carbocycles. The van der Waals surface area contributed by atoms with Gasteiger partial charge in [-0.15, -0.1) is 0 Å². The first-order valence-electron chi connectivity index (χ1n) is 10.5. The average Bonchev–Trinajstić information content (AvgIpc) is 3.40. The summed E-state index contributed by atoms with van der Waals surface area (Å²) >= 11 is 9.53. The van der Waals surface area contributed by atoms with E-state index in [1.54, 1.807) is 31.2 Å². The maximum Gasteiger partial charge on any atom is 0.325 e. The molecule has 0 spiro atoms. The Hall–Kier alpha value is -2.47. The van der Waals surface area contributed by atoms with E-state index in [1.807, 2.05) is 0 Å². The lowest BCUT2D eigenvalue weighted by atomic mass is 9.92. The lowest BCUT2D eigenvalue weighted by Gasteiger charge is -2.22. The van der Waals surface area contributed by atoms with E-state index in [0.29, 0.717) is 18.7 Å². The molecule has 2 aliphatic heterocycles. The summed E-state index contributed by atoms with van der Waals surface area (Å²) < 4.78 is 27.8. The van der Waals surface area contributed by atoms with Gasteiger partial charge in [0.1, 0.15) is 12.1 Å². The number of benzene rings is 2. The first-order chi connectivity index (χ1) is 16.0. The van der Waals surface area contributed by atoms with Gasteiger partial charge in [-0.25, -0.2) is 13.2 Å². The molecule has 180 valence electrons. The van der Waals surface area contributed by atoms with Gasteiger partial charge in [-0.05, 0) is 55.7 Å². The fourth-order valence-corrected chi connectivity index (χ4v) is 6.12. The van der Waals surface area contributed by atoms with Crippen LogP contribution in [0.3, 0.4) is 0 Å². The highest BCUT2D eigenvalue weighted by Gasteiger charge is 2.49. The minimum atomic E-state index is -3.71. The highest BCUT2D eigenvalue weighted by molar-refractivity contribution is 9.10. The highest BCUT2D eigenvalue weighted by atomic mass is 79.9. The zero-order valence-electron chi connectivity index (χ0n) is 18.2. The number of carbonyl (C=O) groups is 3. The Labute approximate surface area is 210 Å². The third-order valence-corrected chi connectivity index (χ3v) is 8.61. The van der Waals surface area contributed by atoms with Crippen LogP contribution < -0.4 is 10.6 Å². The monoisotopic (exact) mass is 568 g/mol. The van der Waals surface area contributed by atoms with E-state index in [1.165, 1.54) is 22.5 Å². The van der Waals surface area contributed by atoms with E-state index >= 15 is 0 Å². The molecule has 2 aromatic rings. The molecule has 2 aromatic carbocycles.